The highest BCUT2D eigenvalue weighted by Gasteiger charge is 1.99. The Balaban J connectivity index is 1.87. The molecule has 20 heavy (non-hydrogen) atoms. The van der Waals surface area contributed by atoms with Gasteiger partial charge in [-0.1, -0.05) is 18.2 Å². The summed E-state index contributed by atoms with van der Waals surface area (Å²) in [5.41, 5.74) is 2.16. The summed E-state index contributed by atoms with van der Waals surface area (Å²) in [4.78, 5) is 4.36. The number of benzene rings is 1. The van der Waals surface area contributed by atoms with Crippen molar-refractivity contribution in [3.8, 4) is 11.6 Å². The second-order valence-corrected chi connectivity index (χ2v) is 4.36. The zero-order valence-electron chi connectivity index (χ0n) is 11.9. The zero-order valence-corrected chi connectivity index (χ0v) is 11.9. The van der Waals surface area contributed by atoms with Crippen LogP contribution in [0.3, 0.4) is 0 Å². The summed E-state index contributed by atoms with van der Waals surface area (Å²) in [5.74, 6) is 1.55. The molecule has 0 radical (unpaired) electrons. The van der Waals surface area contributed by atoms with E-state index in [1.54, 1.807) is 7.11 Å². The third kappa shape index (κ3) is 4.24. The zero-order chi connectivity index (χ0) is 14.2. The van der Waals surface area contributed by atoms with Crippen LogP contribution in [0.5, 0.6) is 11.6 Å². The van der Waals surface area contributed by atoms with Crippen molar-refractivity contribution < 1.29 is 9.47 Å². The van der Waals surface area contributed by atoms with E-state index in [-0.39, 0.29) is 0 Å². The molecule has 0 unspecified atom stereocenters. The minimum Gasteiger partial charge on any atom is -0.494 e. The Labute approximate surface area is 119 Å². The topological polar surface area (TPSA) is 43.4 Å². The molecule has 0 aliphatic rings. The van der Waals surface area contributed by atoms with E-state index in [0.717, 1.165) is 18.0 Å². The summed E-state index contributed by atoms with van der Waals surface area (Å²) in [6.45, 7) is 4.15. The van der Waals surface area contributed by atoms with Gasteiger partial charge in [-0.3, -0.25) is 0 Å². The summed E-state index contributed by atoms with van der Waals surface area (Å²) in [6.07, 6.45) is 0. The van der Waals surface area contributed by atoms with Crippen molar-refractivity contribution in [2.24, 2.45) is 0 Å². The smallest absolute Gasteiger partial charge is 0.213 e. The Bertz CT molecular complexity index is 544. The third-order valence-electron chi connectivity index (χ3n) is 2.84. The van der Waals surface area contributed by atoms with Gasteiger partial charge in [-0.05, 0) is 30.7 Å². The first-order valence-corrected chi connectivity index (χ1v) is 6.74. The number of nitrogens with one attached hydrogen (secondary N) is 1. The van der Waals surface area contributed by atoms with Crippen molar-refractivity contribution in [3.63, 3.8) is 0 Å². The molecule has 4 heteroatoms. The molecule has 0 aliphatic heterocycles. The summed E-state index contributed by atoms with van der Waals surface area (Å²) in [7, 11) is 1.62. The highest BCUT2D eigenvalue weighted by Crippen LogP contribution is 2.13. The van der Waals surface area contributed by atoms with Crippen LogP contribution >= 0.6 is 0 Å². The number of pyridine rings is 1. The van der Waals surface area contributed by atoms with Gasteiger partial charge in [-0.15, -0.1) is 0 Å². The van der Waals surface area contributed by atoms with Gasteiger partial charge in [0.2, 0.25) is 5.88 Å². The molecule has 2 aromatic rings. The van der Waals surface area contributed by atoms with Crippen molar-refractivity contribution >= 4 is 0 Å². The Morgan fingerprint density at radius 2 is 1.95 bits per heavy atom. The maximum absolute atomic E-state index is 5.48. The number of aromatic nitrogens is 1. The number of ether oxygens (including phenoxy) is 2. The Morgan fingerprint density at radius 3 is 2.75 bits per heavy atom. The van der Waals surface area contributed by atoms with Crippen LogP contribution in [-0.4, -0.2) is 18.7 Å². The van der Waals surface area contributed by atoms with E-state index < -0.39 is 0 Å². The largest absolute Gasteiger partial charge is 0.494 e. The van der Waals surface area contributed by atoms with Crippen LogP contribution in [0.1, 0.15) is 18.2 Å². The first kappa shape index (κ1) is 14.3. The molecule has 0 bridgehead atoms. The van der Waals surface area contributed by atoms with Crippen molar-refractivity contribution in [2.45, 2.75) is 20.0 Å². The average Bonchev–Trinajstić information content (AvgIpc) is 2.48. The molecule has 0 fully saturated rings. The van der Waals surface area contributed by atoms with Crippen molar-refractivity contribution in [1.82, 2.24) is 10.3 Å². The normalized spacial score (nSPS) is 10.3. The predicted molar refractivity (Wildman–Crippen MR) is 78.9 cm³/mol. The standard InChI is InChI=1S/C16H20N2O2/c1-3-20-15-8-4-6-13(10-15)11-17-12-14-7-5-9-16(18-14)19-2/h4-10,17H,3,11-12H2,1-2H3. The van der Waals surface area contributed by atoms with Gasteiger partial charge >= 0.3 is 0 Å². The molecule has 0 amide bonds. The molecule has 0 saturated heterocycles. The van der Waals surface area contributed by atoms with Crippen LogP contribution in [-0.2, 0) is 13.1 Å². The first-order chi connectivity index (χ1) is 9.81. The van der Waals surface area contributed by atoms with Gasteiger partial charge in [0.15, 0.2) is 0 Å². The Hall–Kier alpha value is -2.07. The summed E-state index contributed by atoms with van der Waals surface area (Å²) < 4.78 is 10.6. The van der Waals surface area contributed by atoms with Gasteiger partial charge < -0.3 is 14.8 Å². The van der Waals surface area contributed by atoms with Gasteiger partial charge in [0, 0.05) is 19.2 Å². The lowest BCUT2D eigenvalue weighted by Gasteiger charge is -2.08. The molecule has 1 aromatic carbocycles. The molecule has 0 saturated carbocycles. The lowest BCUT2D eigenvalue weighted by atomic mass is 10.2. The molecule has 0 spiro atoms. The molecule has 0 aliphatic carbocycles. The van der Waals surface area contributed by atoms with Crippen molar-refractivity contribution in [2.75, 3.05) is 13.7 Å². The lowest BCUT2D eigenvalue weighted by Crippen LogP contribution is -2.13. The lowest BCUT2D eigenvalue weighted by molar-refractivity contribution is 0.340. The van der Waals surface area contributed by atoms with Gasteiger partial charge in [-0.2, -0.15) is 0 Å². The fourth-order valence-electron chi connectivity index (χ4n) is 1.92. The van der Waals surface area contributed by atoms with Crippen LogP contribution in [0, 0.1) is 0 Å². The van der Waals surface area contributed by atoms with E-state index in [9.17, 15) is 0 Å². The summed E-state index contributed by atoms with van der Waals surface area (Å²) in [6, 6.07) is 13.9. The SMILES string of the molecule is CCOc1cccc(CNCc2cccc(OC)n2)c1. The minimum absolute atomic E-state index is 0.641. The van der Waals surface area contributed by atoms with E-state index in [2.05, 4.69) is 22.4 Å². The molecule has 1 N–H and O–H groups in total. The quantitative estimate of drug-likeness (QED) is 0.841. The van der Waals surface area contributed by atoms with E-state index in [4.69, 9.17) is 9.47 Å². The first-order valence-electron chi connectivity index (χ1n) is 6.74. The Morgan fingerprint density at radius 1 is 1.10 bits per heavy atom. The number of hydrogen-bond donors (Lipinski definition) is 1. The average molecular weight is 272 g/mol. The number of rotatable bonds is 7. The van der Waals surface area contributed by atoms with Crippen LogP contribution in [0.25, 0.3) is 0 Å². The molecule has 1 heterocycles. The molecule has 1 aromatic heterocycles. The summed E-state index contributed by atoms with van der Waals surface area (Å²) >= 11 is 0. The third-order valence-corrected chi connectivity index (χ3v) is 2.84. The predicted octanol–water partition coefficient (Wildman–Crippen LogP) is 2.78. The maximum Gasteiger partial charge on any atom is 0.213 e. The second kappa shape index (κ2) is 7.50. The molecular formula is C16H20N2O2. The molecule has 106 valence electrons. The van der Waals surface area contributed by atoms with E-state index in [1.165, 1.54) is 5.56 Å². The fourth-order valence-corrected chi connectivity index (χ4v) is 1.92. The molecular weight excluding hydrogens is 252 g/mol. The van der Waals surface area contributed by atoms with Gasteiger partial charge in [-0.25, -0.2) is 4.98 Å². The fraction of sp³-hybridized carbons (Fsp3) is 0.312. The maximum atomic E-state index is 5.48. The molecule has 0 atom stereocenters. The summed E-state index contributed by atoms with van der Waals surface area (Å²) in [5, 5.41) is 3.36. The number of nitrogens with zero attached hydrogens (tertiary/aromatic N) is 1. The van der Waals surface area contributed by atoms with E-state index in [0.29, 0.717) is 19.0 Å². The van der Waals surface area contributed by atoms with E-state index in [1.807, 2.05) is 37.3 Å². The van der Waals surface area contributed by atoms with Crippen LogP contribution < -0.4 is 14.8 Å². The van der Waals surface area contributed by atoms with Crippen LogP contribution in [0.15, 0.2) is 42.5 Å². The van der Waals surface area contributed by atoms with Gasteiger partial charge in [0.25, 0.3) is 0 Å². The molecule has 2 rings (SSSR count). The number of methoxy groups -OCH3 is 1. The van der Waals surface area contributed by atoms with Gasteiger partial charge in [0.05, 0.1) is 19.4 Å². The van der Waals surface area contributed by atoms with Gasteiger partial charge in [0.1, 0.15) is 5.75 Å². The van der Waals surface area contributed by atoms with Crippen molar-refractivity contribution in [1.29, 1.82) is 0 Å². The Kier molecular flexibility index (Phi) is 5.38. The highest BCUT2D eigenvalue weighted by molar-refractivity contribution is 5.28. The monoisotopic (exact) mass is 272 g/mol. The second-order valence-electron chi connectivity index (χ2n) is 4.36. The van der Waals surface area contributed by atoms with E-state index >= 15 is 0 Å². The molecule has 4 nitrogen and oxygen atoms in total. The highest BCUT2D eigenvalue weighted by atomic mass is 16.5. The minimum atomic E-state index is 0.641. The van der Waals surface area contributed by atoms with Crippen molar-refractivity contribution in [3.05, 3.63) is 53.7 Å². The van der Waals surface area contributed by atoms with Crippen LogP contribution in [0.2, 0.25) is 0 Å². The number of hydrogen-bond acceptors (Lipinski definition) is 4. The van der Waals surface area contributed by atoms with Crippen LogP contribution in [0.4, 0.5) is 0 Å².